The molecule has 0 amide bonds. The van der Waals surface area contributed by atoms with Crippen molar-refractivity contribution in [3.8, 4) is 12.3 Å². The van der Waals surface area contributed by atoms with E-state index < -0.39 is 0 Å². The first-order chi connectivity index (χ1) is 5.29. The van der Waals surface area contributed by atoms with Crippen LogP contribution in [0.2, 0.25) is 0 Å². The SMILES string of the molecule is C#CC(NC)C1(OC)CCC1. The van der Waals surface area contributed by atoms with E-state index in [1.807, 2.05) is 7.05 Å². The second-order valence-electron chi connectivity index (χ2n) is 3.01. The Morgan fingerprint density at radius 3 is 2.36 bits per heavy atom. The summed E-state index contributed by atoms with van der Waals surface area (Å²) >= 11 is 0. The highest BCUT2D eigenvalue weighted by atomic mass is 16.5. The zero-order valence-electron chi connectivity index (χ0n) is 7.18. The molecule has 0 spiro atoms. The second kappa shape index (κ2) is 3.25. The van der Waals surface area contributed by atoms with Gasteiger partial charge in [0.05, 0.1) is 11.6 Å². The van der Waals surface area contributed by atoms with Crippen molar-refractivity contribution in [3.05, 3.63) is 0 Å². The molecule has 62 valence electrons. The molecule has 2 heteroatoms. The number of terminal acetylenes is 1. The number of likely N-dealkylation sites (N-methyl/N-ethyl adjacent to an activating group) is 1. The average Bonchev–Trinajstić information content (AvgIpc) is 1.96. The van der Waals surface area contributed by atoms with Crippen LogP contribution in [0.5, 0.6) is 0 Å². The molecular weight excluding hydrogens is 138 g/mol. The van der Waals surface area contributed by atoms with Crippen LogP contribution < -0.4 is 5.32 Å². The maximum atomic E-state index is 5.41. The molecule has 0 aromatic heterocycles. The van der Waals surface area contributed by atoms with Crippen LogP contribution in [0.25, 0.3) is 0 Å². The maximum Gasteiger partial charge on any atom is 0.0978 e. The van der Waals surface area contributed by atoms with E-state index in [0.29, 0.717) is 0 Å². The Labute approximate surface area is 68.3 Å². The van der Waals surface area contributed by atoms with Gasteiger partial charge in [0.2, 0.25) is 0 Å². The van der Waals surface area contributed by atoms with Crippen molar-refractivity contribution in [3.63, 3.8) is 0 Å². The largest absolute Gasteiger partial charge is 0.376 e. The Hall–Kier alpha value is -0.520. The van der Waals surface area contributed by atoms with Crippen molar-refractivity contribution in [2.75, 3.05) is 14.2 Å². The summed E-state index contributed by atoms with van der Waals surface area (Å²) in [5.74, 6) is 2.71. The number of nitrogens with one attached hydrogen (secondary N) is 1. The van der Waals surface area contributed by atoms with Crippen LogP contribution in [-0.2, 0) is 4.74 Å². The Kier molecular flexibility index (Phi) is 2.53. The van der Waals surface area contributed by atoms with Crippen molar-refractivity contribution in [2.45, 2.75) is 30.9 Å². The van der Waals surface area contributed by atoms with Gasteiger partial charge in [-0.2, -0.15) is 0 Å². The number of methoxy groups -OCH3 is 1. The molecule has 2 nitrogen and oxygen atoms in total. The van der Waals surface area contributed by atoms with Crippen LogP contribution in [0.3, 0.4) is 0 Å². The summed E-state index contributed by atoms with van der Waals surface area (Å²) in [6.07, 6.45) is 8.76. The molecule has 0 aromatic rings. The van der Waals surface area contributed by atoms with Crippen LogP contribution in [0.4, 0.5) is 0 Å². The van der Waals surface area contributed by atoms with Gasteiger partial charge in [-0.1, -0.05) is 5.92 Å². The predicted octanol–water partition coefficient (Wildman–Crippen LogP) is 0.777. The van der Waals surface area contributed by atoms with E-state index in [-0.39, 0.29) is 11.6 Å². The first-order valence-electron chi connectivity index (χ1n) is 3.97. The van der Waals surface area contributed by atoms with Crippen LogP contribution in [-0.4, -0.2) is 25.8 Å². The van der Waals surface area contributed by atoms with Crippen molar-refractivity contribution in [2.24, 2.45) is 0 Å². The fourth-order valence-electron chi connectivity index (χ4n) is 1.63. The van der Waals surface area contributed by atoms with Gasteiger partial charge in [0, 0.05) is 7.11 Å². The number of hydrogen-bond donors (Lipinski definition) is 1. The summed E-state index contributed by atoms with van der Waals surface area (Å²) in [6, 6.07) is 0.0706. The maximum absolute atomic E-state index is 5.41. The van der Waals surface area contributed by atoms with E-state index in [9.17, 15) is 0 Å². The van der Waals surface area contributed by atoms with Crippen molar-refractivity contribution in [1.82, 2.24) is 5.32 Å². The third-order valence-electron chi connectivity index (χ3n) is 2.59. The van der Waals surface area contributed by atoms with Gasteiger partial charge in [0.15, 0.2) is 0 Å². The normalized spacial score (nSPS) is 23.4. The van der Waals surface area contributed by atoms with Gasteiger partial charge < -0.3 is 10.1 Å². The lowest BCUT2D eigenvalue weighted by Crippen LogP contribution is -2.54. The highest BCUT2D eigenvalue weighted by Crippen LogP contribution is 2.37. The highest BCUT2D eigenvalue weighted by molar-refractivity contribution is 5.13. The van der Waals surface area contributed by atoms with Gasteiger partial charge in [-0.15, -0.1) is 6.42 Å². The summed E-state index contributed by atoms with van der Waals surface area (Å²) < 4.78 is 5.41. The topological polar surface area (TPSA) is 21.3 Å². The molecule has 1 aliphatic rings. The molecule has 1 aliphatic carbocycles. The zero-order valence-corrected chi connectivity index (χ0v) is 7.18. The third kappa shape index (κ3) is 1.26. The number of rotatable bonds is 3. The average molecular weight is 153 g/mol. The first-order valence-corrected chi connectivity index (χ1v) is 3.97. The molecule has 11 heavy (non-hydrogen) atoms. The Morgan fingerprint density at radius 1 is 1.64 bits per heavy atom. The summed E-state index contributed by atoms with van der Waals surface area (Å²) in [5, 5.41) is 3.08. The predicted molar refractivity (Wildman–Crippen MR) is 45.3 cm³/mol. The summed E-state index contributed by atoms with van der Waals surface area (Å²) in [5.41, 5.74) is -0.0660. The molecule has 0 bridgehead atoms. The minimum atomic E-state index is -0.0660. The van der Waals surface area contributed by atoms with E-state index in [4.69, 9.17) is 11.2 Å². The van der Waals surface area contributed by atoms with E-state index >= 15 is 0 Å². The van der Waals surface area contributed by atoms with Crippen LogP contribution >= 0.6 is 0 Å². The van der Waals surface area contributed by atoms with E-state index in [1.165, 1.54) is 6.42 Å². The molecule has 0 saturated heterocycles. The minimum Gasteiger partial charge on any atom is -0.376 e. The molecular formula is C9H15NO. The fraction of sp³-hybridized carbons (Fsp3) is 0.778. The minimum absolute atomic E-state index is 0.0660. The van der Waals surface area contributed by atoms with Crippen molar-refractivity contribution < 1.29 is 4.74 Å². The van der Waals surface area contributed by atoms with E-state index in [1.54, 1.807) is 7.11 Å². The van der Waals surface area contributed by atoms with Gasteiger partial charge in [0.1, 0.15) is 0 Å². The Morgan fingerprint density at radius 2 is 2.27 bits per heavy atom. The Balaban J connectivity index is 2.61. The fourth-order valence-corrected chi connectivity index (χ4v) is 1.63. The molecule has 1 rings (SSSR count). The van der Waals surface area contributed by atoms with E-state index in [2.05, 4.69) is 11.2 Å². The first kappa shape index (κ1) is 8.58. The third-order valence-corrected chi connectivity index (χ3v) is 2.59. The molecule has 0 heterocycles. The molecule has 1 saturated carbocycles. The standard InChI is InChI=1S/C9H15NO/c1-4-8(10-2)9(11-3)6-5-7-9/h1,8,10H,5-7H2,2-3H3. The lowest BCUT2D eigenvalue weighted by atomic mass is 9.74. The molecule has 1 N–H and O–H groups in total. The van der Waals surface area contributed by atoms with Gasteiger partial charge in [-0.25, -0.2) is 0 Å². The van der Waals surface area contributed by atoms with Crippen LogP contribution in [0.1, 0.15) is 19.3 Å². The smallest absolute Gasteiger partial charge is 0.0978 e. The number of hydrogen-bond acceptors (Lipinski definition) is 2. The monoisotopic (exact) mass is 153 g/mol. The quantitative estimate of drug-likeness (QED) is 0.605. The van der Waals surface area contributed by atoms with E-state index in [0.717, 1.165) is 12.8 Å². The Bertz CT molecular complexity index is 161. The molecule has 1 atom stereocenters. The van der Waals surface area contributed by atoms with Crippen molar-refractivity contribution in [1.29, 1.82) is 0 Å². The van der Waals surface area contributed by atoms with Crippen molar-refractivity contribution >= 4 is 0 Å². The summed E-state index contributed by atoms with van der Waals surface area (Å²) in [7, 11) is 3.62. The second-order valence-corrected chi connectivity index (χ2v) is 3.01. The molecule has 0 aromatic carbocycles. The molecule has 0 aliphatic heterocycles. The number of ether oxygens (including phenoxy) is 1. The molecule has 1 unspecified atom stereocenters. The lowest BCUT2D eigenvalue weighted by Gasteiger charge is -2.44. The van der Waals surface area contributed by atoms with Gasteiger partial charge in [-0.05, 0) is 26.3 Å². The zero-order chi connectivity index (χ0) is 8.32. The lowest BCUT2D eigenvalue weighted by molar-refractivity contribution is -0.0839. The van der Waals surface area contributed by atoms with Crippen LogP contribution in [0, 0.1) is 12.3 Å². The van der Waals surface area contributed by atoms with Gasteiger partial charge in [-0.3, -0.25) is 0 Å². The van der Waals surface area contributed by atoms with Gasteiger partial charge >= 0.3 is 0 Å². The molecule has 1 fully saturated rings. The van der Waals surface area contributed by atoms with Crippen LogP contribution in [0.15, 0.2) is 0 Å². The van der Waals surface area contributed by atoms with Gasteiger partial charge in [0.25, 0.3) is 0 Å². The summed E-state index contributed by atoms with van der Waals surface area (Å²) in [4.78, 5) is 0. The highest BCUT2D eigenvalue weighted by Gasteiger charge is 2.43. The summed E-state index contributed by atoms with van der Waals surface area (Å²) in [6.45, 7) is 0. The molecule has 0 radical (unpaired) electrons.